The Morgan fingerprint density at radius 2 is 1.62 bits per heavy atom. The summed E-state index contributed by atoms with van der Waals surface area (Å²) >= 11 is 0. The maximum atomic E-state index is 13.4. The summed E-state index contributed by atoms with van der Waals surface area (Å²) < 4.78 is 31.3. The van der Waals surface area contributed by atoms with Gasteiger partial charge in [0.25, 0.3) is 5.91 Å². The molecule has 206 valence electrons. The van der Waals surface area contributed by atoms with E-state index in [1.54, 1.807) is 24.3 Å². The molecule has 1 unspecified atom stereocenters. The Labute approximate surface area is 221 Å². The van der Waals surface area contributed by atoms with Gasteiger partial charge < -0.3 is 25.6 Å². The highest BCUT2D eigenvalue weighted by atomic mass is 32.2. The zero-order valence-electron chi connectivity index (χ0n) is 22.1. The van der Waals surface area contributed by atoms with Crippen molar-refractivity contribution in [3.05, 3.63) is 65.7 Å². The Morgan fingerprint density at radius 3 is 2.22 bits per heavy atom. The topological polar surface area (TPSA) is 130 Å². The molecule has 0 saturated carbocycles. The van der Waals surface area contributed by atoms with Gasteiger partial charge in [-0.15, -0.1) is 0 Å². The van der Waals surface area contributed by atoms with E-state index >= 15 is 0 Å². The molecular formula is C28H42N2O6S. The van der Waals surface area contributed by atoms with Crippen LogP contribution in [0.5, 0.6) is 5.75 Å². The third-order valence-electron chi connectivity index (χ3n) is 6.44. The second-order valence-corrected chi connectivity index (χ2v) is 11.9. The van der Waals surface area contributed by atoms with Crippen LogP contribution < -0.4 is 10.5 Å². The molecule has 2 rings (SSSR count). The van der Waals surface area contributed by atoms with Crippen molar-refractivity contribution in [1.29, 1.82) is 0 Å². The van der Waals surface area contributed by atoms with Gasteiger partial charge in [-0.3, -0.25) is 4.79 Å². The van der Waals surface area contributed by atoms with E-state index in [1.165, 1.54) is 12.0 Å². The summed E-state index contributed by atoms with van der Waals surface area (Å²) in [5, 5.41) is 21.0. The molecule has 2 aromatic rings. The number of nitrogens with zero attached hydrogens (tertiary/aromatic N) is 1. The number of nitrogens with two attached hydrogens (primary N) is 1. The lowest BCUT2D eigenvalue weighted by Crippen LogP contribution is -2.50. The average Bonchev–Trinajstić information content (AvgIpc) is 2.88. The molecule has 0 spiro atoms. The predicted molar refractivity (Wildman–Crippen MR) is 146 cm³/mol. The summed E-state index contributed by atoms with van der Waals surface area (Å²) in [6.07, 6.45) is -0.0793. The molecule has 8 nitrogen and oxygen atoms in total. The number of benzene rings is 2. The van der Waals surface area contributed by atoms with E-state index < -0.39 is 45.0 Å². The third-order valence-corrected chi connectivity index (χ3v) is 8.71. The van der Waals surface area contributed by atoms with Gasteiger partial charge in [0, 0.05) is 19.1 Å². The molecule has 0 aliphatic carbocycles. The number of aliphatic hydroxyl groups excluding tert-OH is 2. The zero-order chi connectivity index (χ0) is 27.4. The van der Waals surface area contributed by atoms with Gasteiger partial charge in [-0.1, -0.05) is 69.2 Å². The minimum atomic E-state index is -3.70. The normalized spacial score (nSPS) is 14.2. The molecule has 1 amide bonds. The molecular weight excluding hydrogens is 492 g/mol. The lowest BCUT2D eigenvalue weighted by molar-refractivity contribution is -0.141. The van der Waals surface area contributed by atoms with Gasteiger partial charge in [0.2, 0.25) is 0 Å². The van der Waals surface area contributed by atoms with Crippen molar-refractivity contribution in [3.8, 4) is 5.75 Å². The first-order valence-electron chi connectivity index (χ1n) is 12.9. The SMILES string of the molecule is CCCC(CCC)S(=O)(=O)CC(O)C(=O)N(Cc1cccc(OC)c1)C[C@@H](O)[C@@H](N)Cc1ccccc1. The number of sulfone groups is 1. The Morgan fingerprint density at radius 1 is 1.00 bits per heavy atom. The summed E-state index contributed by atoms with van der Waals surface area (Å²) in [5.41, 5.74) is 7.91. The molecule has 0 aromatic heterocycles. The van der Waals surface area contributed by atoms with Gasteiger partial charge in [-0.05, 0) is 42.5 Å². The number of carbonyl (C=O) groups excluding carboxylic acids is 1. The number of hydrogen-bond acceptors (Lipinski definition) is 7. The van der Waals surface area contributed by atoms with Gasteiger partial charge in [0.15, 0.2) is 9.84 Å². The number of methoxy groups -OCH3 is 1. The summed E-state index contributed by atoms with van der Waals surface area (Å²) in [5.74, 6) is -0.822. The summed E-state index contributed by atoms with van der Waals surface area (Å²) in [6, 6.07) is 15.9. The second-order valence-electron chi connectivity index (χ2n) is 9.54. The van der Waals surface area contributed by atoms with Crippen LogP contribution in [0.15, 0.2) is 54.6 Å². The largest absolute Gasteiger partial charge is 0.497 e. The third kappa shape index (κ3) is 9.74. The van der Waals surface area contributed by atoms with Crippen LogP contribution in [-0.2, 0) is 27.6 Å². The first-order valence-corrected chi connectivity index (χ1v) is 14.6. The average molecular weight is 535 g/mol. The van der Waals surface area contributed by atoms with Gasteiger partial charge in [0.1, 0.15) is 11.9 Å². The number of hydrogen-bond donors (Lipinski definition) is 3. The van der Waals surface area contributed by atoms with E-state index in [2.05, 4.69) is 0 Å². The Kier molecular flexibility index (Phi) is 12.5. The molecule has 37 heavy (non-hydrogen) atoms. The molecule has 3 atom stereocenters. The molecule has 4 N–H and O–H groups in total. The van der Waals surface area contributed by atoms with Crippen molar-refractivity contribution >= 4 is 15.7 Å². The van der Waals surface area contributed by atoms with Crippen LogP contribution in [-0.4, -0.2) is 72.3 Å². The minimum absolute atomic E-state index is 0.0512. The van der Waals surface area contributed by atoms with Gasteiger partial charge in [-0.25, -0.2) is 8.42 Å². The lowest BCUT2D eigenvalue weighted by atomic mass is 10.0. The molecule has 2 aromatic carbocycles. The van der Waals surface area contributed by atoms with Crippen LogP contribution in [0.2, 0.25) is 0 Å². The van der Waals surface area contributed by atoms with Gasteiger partial charge in [0.05, 0.1) is 24.2 Å². The first kappa shape index (κ1) is 30.8. The fraction of sp³-hybridized carbons (Fsp3) is 0.536. The number of amides is 1. The first-order chi connectivity index (χ1) is 17.6. The monoisotopic (exact) mass is 534 g/mol. The molecule has 9 heteroatoms. The second kappa shape index (κ2) is 15.1. The van der Waals surface area contributed by atoms with Crippen LogP contribution >= 0.6 is 0 Å². The maximum absolute atomic E-state index is 13.4. The Balaban J connectivity index is 2.22. The number of ether oxygens (including phenoxy) is 1. The lowest BCUT2D eigenvalue weighted by Gasteiger charge is -2.30. The van der Waals surface area contributed by atoms with Gasteiger partial charge in [-0.2, -0.15) is 0 Å². The van der Waals surface area contributed by atoms with E-state index in [0.717, 1.165) is 5.56 Å². The fourth-order valence-electron chi connectivity index (χ4n) is 4.39. The Hall–Kier alpha value is -2.46. The highest BCUT2D eigenvalue weighted by Crippen LogP contribution is 2.19. The quantitative estimate of drug-likeness (QED) is 0.302. The molecule has 0 saturated heterocycles. The molecule has 0 heterocycles. The predicted octanol–water partition coefficient (Wildman–Crippen LogP) is 2.70. The summed E-state index contributed by atoms with van der Waals surface area (Å²) in [7, 11) is -2.16. The van der Waals surface area contributed by atoms with Crippen LogP contribution in [0.25, 0.3) is 0 Å². The fourth-order valence-corrected chi connectivity index (χ4v) is 6.44. The molecule has 0 fully saturated rings. The molecule has 0 radical (unpaired) electrons. The smallest absolute Gasteiger partial charge is 0.252 e. The van der Waals surface area contributed by atoms with Crippen molar-refractivity contribution < 1.29 is 28.2 Å². The van der Waals surface area contributed by atoms with Crippen LogP contribution in [0.4, 0.5) is 0 Å². The standard InChI is InChI=1S/C28H42N2O6S/c1-4-10-24(11-5-2)37(34,35)20-27(32)28(33)30(18-22-14-9-15-23(16-22)36-3)19-26(31)25(29)17-21-12-7-6-8-13-21/h6-9,12-16,24-27,31-32H,4-5,10-11,17-20,29H2,1-3H3/t25-,26+,27?/m0/s1. The number of rotatable bonds is 16. The van der Waals surface area contributed by atoms with E-state index in [0.29, 0.717) is 43.4 Å². The highest BCUT2D eigenvalue weighted by molar-refractivity contribution is 7.92. The van der Waals surface area contributed by atoms with Crippen LogP contribution in [0.1, 0.15) is 50.7 Å². The van der Waals surface area contributed by atoms with Crippen molar-refractivity contribution in [1.82, 2.24) is 4.90 Å². The number of aliphatic hydroxyl groups is 2. The van der Waals surface area contributed by atoms with Gasteiger partial charge >= 0.3 is 0 Å². The van der Waals surface area contributed by atoms with Crippen molar-refractivity contribution in [2.24, 2.45) is 5.73 Å². The van der Waals surface area contributed by atoms with Crippen molar-refractivity contribution in [3.63, 3.8) is 0 Å². The highest BCUT2D eigenvalue weighted by Gasteiger charge is 2.33. The molecule has 0 bridgehead atoms. The van der Waals surface area contributed by atoms with Crippen LogP contribution in [0.3, 0.4) is 0 Å². The molecule has 0 aliphatic rings. The number of carbonyl (C=O) groups is 1. The van der Waals surface area contributed by atoms with Crippen molar-refractivity contribution in [2.75, 3.05) is 19.4 Å². The van der Waals surface area contributed by atoms with E-state index in [4.69, 9.17) is 10.5 Å². The van der Waals surface area contributed by atoms with Crippen LogP contribution in [0, 0.1) is 0 Å². The van der Waals surface area contributed by atoms with E-state index in [1.807, 2.05) is 44.2 Å². The molecule has 0 aliphatic heterocycles. The summed E-state index contributed by atoms with van der Waals surface area (Å²) in [4.78, 5) is 14.6. The maximum Gasteiger partial charge on any atom is 0.252 e. The van der Waals surface area contributed by atoms with E-state index in [-0.39, 0.29) is 13.1 Å². The zero-order valence-corrected chi connectivity index (χ0v) is 22.9. The van der Waals surface area contributed by atoms with Crippen molar-refractivity contribution in [2.45, 2.75) is 76.0 Å². The Bertz CT molecular complexity index is 1060. The minimum Gasteiger partial charge on any atom is -0.497 e. The summed E-state index contributed by atoms with van der Waals surface area (Å²) in [6.45, 7) is 3.72. The van der Waals surface area contributed by atoms with E-state index in [9.17, 15) is 23.4 Å².